The zero-order valence-corrected chi connectivity index (χ0v) is 9.24. The topological polar surface area (TPSA) is 46.3 Å². The second kappa shape index (κ2) is 4.22. The van der Waals surface area contributed by atoms with Crippen LogP contribution in [-0.4, -0.2) is 23.4 Å². The van der Waals surface area contributed by atoms with Crippen molar-refractivity contribution in [1.82, 2.24) is 4.90 Å². The summed E-state index contributed by atoms with van der Waals surface area (Å²) in [4.78, 5) is 13.4. The highest BCUT2D eigenvalue weighted by Crippen LogP contribution is 2.20. The minimum absolute atomic E-state index is 0.0463. The number of fused-ring (bicyclic) bond motifs is 1. The number of carbonyl (C=O) groups excluding carboxylic acids is 1. The fraction of sp³-hybridized carbons (Fsp3) is 0.417. The van der Waals surface area contributed by atoms with Gasteiger partial charge in [0.25, 0.3) is 0 Å². The van der Waals surface area contributed by atoms with Crippen LogP contribution in [0.5, 0.6) is 0 Å². The molecule has 0 radical (unpaired) electrons. The van der Waals surface area contributed by atoms with Crippen LogP contribution < -0.4 is 5.73 Å². The Balaban J connectivity index is 2.18. The lowest BCUT2D eigenvalue weighted by Crippen LogP contribution is -2.44. The molecule has 0 fully saturated rings. The van der Waals surface area contributed by atoms with Gasteiger partial charge in [-0.15, -0.1) is 0 Å². The molecule has 0 aromatic heterocycles. The van der Waals surface area contributed by atoms with Gasteiger partial charge in [-0.05, 0) is 36.6 Å². The second-order valence-corrected chi connectivity index (χ2v) is 4.21. The van der Waals surface area contributed by atoms with Crippen molar-refractivity contribution in [3.63, 3.8) is 0 Å². The maximum atomic E-state index is 13.0. The van der Waals surface area contributed by atoms with E-state index in [0.29, 0.717) is 19.5 Å². The van der Waals surface area contributed by atoms with Crippen LogP contribution in [0.4, 0.5) is 4.39 Å². The SMILES string of the molecule is C[C@@H](N)C(=O)N1CCc2cc(F)ccc2C1. The lowest BCUT2D eigenvalue weighted by molar-refractivity contribution is -0.133. The average Bonchev–Trinajstić information content (AvgIpc) is 2.27. The summed E-state index contributed by atoms with van der Waals surface area (Å²) >= 11 is 0. The first-order valence-corrected chi connectivity index (χ1v) is 5.39. The van der Waals surface area contributed by atoms with Crippen molar-refractivity contribution >= 4 is 5.91 Å². The van der Waals surface area contributed by atoms with Crippen LogP contribution >= 0.6 is 0 Å². The second-order valence-electron chi connectivity index (χ2n) is 4.21. The van der Waals surface area contributed by atoms with Gasteiger partial charge in [-0.1, -0.05) is 6.07 Å². The third kappa shape index (κ3) is 2.07. The van der Waals surface area contributed by atoms with E-state index in [1.54, 1.807) is 24.0 Å². The average molecular weight is 222 g/mol. The largest absolute Gasteiger partial charge is 0.337 e. The molecule has 16 heavy (non-hydrogen) atoms. The normalized spacial score (nSPS) is 16.8. The summed E-state index contributed by atoms with van der Waals surface area (Å²) in [5.41, 5.74) is 7.57. The summed E-state index contributed by atoms with van der Waals surface area (Å²) in [7, 11) is 0. The molecule has 2 rings (SSSR count). The van der Waals surface area contributed by atoms with Gasteiger partial charge in [0.05, 0.1) is 6.04 Å². The molecular weight excluding hydrogens is 207 g/mol. The van der Waals surface area contributed by atoms with E-state index < -0.39 is 6.04 Å². The van der Waals surface area contributed by atoms with Crippen molar-refractivity contribution in [2.24, 2.45) is 5.73 Å². The highest BCUT2D eigenvalue weighted by atomic mass is 19.1. The highest BCUT2D eigenvalue weighted by molar-refractivity contribution is 5.81. The van der Waals surface area contributed by atoms with Crippen molar-refractivity contribution < 1.29 is 9.18 Å². The quantitative estimate of drug-likeness (QED) is 0.772. The maximum absolute atomic E-state index is 13.0. The number of benzene rings is 1. The summed E-state index contributed by atoms with van der Waals surface area (Å²) < 4.78 is 13.0. The lowest BCUT2D eigenvalue weighted by atomic mass is 9.99. The third-order valence-corrected chi connectivity index (χ3v) is 2.88. The van der Waals surface area contributed by atoms with E-state index in [1.165, 1.54) is 6.07 Å². The highest BCUT2D eigenvalue weighted by Gasteiger charge is 2.22. The van der Waals surface area contributed by atoms with Crippen molar-refractivity contribution in [2.75, 3.05) is 6.54 Å². The van der Waals surface area contributed by atoms with E-state index in [0.717, 1.165) is 11.1 Å². The van der Waals surface area contributed by atoms with Crippen LogP contribution in [0.25, 0.3) is 0 Å². The monoisotopic (exact) mass is 222 g/mol. The van der Waals surface area contributed by atoms with E-state index in [2.05, 4.69) is 0 Å². The Bertz CT molecular complexity index is 417. The van der Waals surface area contributed by atoms with Crippen LogP contribution in [0.1, 0.15) is 18.1 Å². The first-order valence-electron chi connectivity index (χ1n) is 5.39. The number of nitrogens with zero attached hydrogens (tertiary/aromatic N) is 1. The molecule has 1 amide bonds. The molecule has 1 heterocycles. The molecule has 0 unspecified atom stereocenters. The van der Waals surface area contributed by atoms with Crippen molar-refractivity contribution in [3.8, 4) is 0 Å². The van der Waals surface area contributed by atoms with Gasteiger partial charge < -0.3 is 10.6 Å². The van der Waals surface area contributed by atoms with Gasteiger partial charge in [-0.2, -0.15) is 0 Å². The van der Waals surface area contributed by atoms with Gasteiger partial charge in [-0.3, -0.25) is 4.79 Å². The molecule has 1 aliphatic rings. The molecule has 0 spiro atoms. The predicted molar refractivity (Wildman–Crippen MR) is 59.2 cm³/mol. The van der Waals surface area contributed by atoms with Gasteiger partial charge >= 0.3 is 0 Å². The van der Waals surface area contributed by atoms with Gasteiger partial charge in [0.1, 0.15) is 5.82 Å². The Morgan fingerprint density at radius 3 is 2.94 bits per heavy atom. The van der Waals surface area contributed by atoms with E-state index in [-0.39, 0.29) is 11.7 Å². The predicted octanol–water partition coefficient (Wildman–Crippen LogP) is 1.06. The molecule has 0 saturated carbocycles. The Labute approximate surface area is 94.0 Å². The van der Waals surface area contributed by atoms with Gasteiger partial charge in [0, 0.05) is 13.1 Å². The van der Waals surface area contributed by atoms with Crippen LogP contribution in [0.15, 0.2) is 18.2 Å². The summed E-state index contributed by atoms with van der Waals surface area (Å²) in [5.74, 6) is -0.263. The van der Waals surface area contributed by atoms with E-state index >= 15 is 0 Å². The fourth-order valence-corrected chi connectivity index (χ4v) is 2.00. The minimum atomic E-state index is -0.470. The Morgan fingerprint density at radius 2 is 2.25 bits per heavy atom. The number of amides is 1. The Kier molecular flexibility index (Phi) is 2.92. The molecule has 1 aromatic rings. The Morgan fingerprint density at radius 1 is 1.50 bits per heavy atom. The molecule has 4 heteroatoms. The number of halogens is 1. The van der Waals surface area contributed by atoms with Crippen LogP contribution in [0.3, 0.4) is 0 Å². The standard InChI is InChI=1S/C12H15FN2O/c1-8(14)12(16)15-5-4-9-6-11(13)3-2-10(9)7-15/h2-3,6,8H,4-5,7,14H2,1H3/t8-/m1/s1. The molecular formula is C12H15FN2O. The molecule has 1 atom stereocenters. The number of rotatable bonds is 1. The Hall–Kier alpha value is -1.42. The lowest BCUT2D eigenvalue weighted by Gasteiger charge is -2.30. The van der Waals surface area contributed by atoms with Gasteiger partial charge in [0.15, 0.2) is 0 Å². The summed E-state index contributed by atoms with van der Waals surface area (Å²) in [6, 6.07) is 4.24. The number of carbonyl (C=O) groups is 1. The summed E-state index contributed by atoms with van der Waals surface area (Å²) in [6.45, 7) is 2.84. The third-order valence-electron chi connectivity index (χ3n) is 2.88. The van der Waals surface area contributed by atoms with Gasteiger partial charge in [-0.25, -0.2) is 4.39 Å². The van der Waals surface area contributed by atoms with Crippen LogP contribution in [0, 0.1) is 5.82 Å². The minimum Gasteiger partial charge on any atom is -0.337 e. The molecule has 3 nitrogen and oxygen atoms in total. The number of hydrogen-bond acceptors (Lipinski definition) is 2. The van der Waals surface area contributed by atoms with E-state index in [1.807, 2.05) is 0 Å². The van der Waals surface area contributed by atoms with E-state index in [4.69, 9.17) is 5.73 Å². The van der Waals surface area contributed by atoms with Crippen LogP contribution in [0.2, 0.25) is 0 Å². The van der Waals surface area contributed by atoms with Crippen molar-refractivity contribution in [1.29, 1.82) is 0 Å². The summed E-state index contributed by atoms with van der Waals surface area (Å²) in [5, 5.41) is 0. The van der Waals surface area contributed by atoms with Crippen molar-refractivity contribution in [3.05, 3.63) is 35.1 Å². The molecule has 1 aliphatic heterocycles. The van der Waals surface area contributed by atoms with Crippen molar-refractivity contribution in [2.45, 2.75) is 25.9 Å². The molecule has 86 valence electrons. The van der Waals surface area contributed by atoms with E-state index in [9.17, 15) is 9.18 Å². The zero-order valence-electron chi connectivity index (χ0n) is 9.24. The molecule has 0 saturated heterocycles. The maximum Gasteiger partial charge on any atom is 0.239 e. The number of nitrogens with two attached hydrogens (primary N) is 1. The summed E-state index contributed by atoms with van der Waals surface area (Å²) in [6.07, 6.45) is 0.700. The first kappa shape index (κ1) is 11.1. The molecule has 2 N–H and O–H groups in total. The molecule has 0 aliphatic carbocycles. The fourth-order valence-electron chi connectivity index (χ4n) is 2.00. The zero-order chi connectivity index (χ0) is 11.7. The first-order chi connectivity index (χ1) is 7.58. The van der Waals surface area contributed by atoms with Gasteiger partial charge in [0.2, 0.25) is 5.91 Å². The molecule has 1 aromatic carbocycles. The smallest absolute Gasteiger partial charge is 0.239 e. The molecule has 0 bridgehead atoms. The number of hydrogen-bond donors (Lipinski definition) is 1. The van der Waals surface area contributed by atoms with Crippen LogP contribution in [-0.2, 0) is 17.8 Å².